The first-order valence-electron chi connectivity index (χ1n) is 10.3. The molecule has 2 unspecified atom stereocenters. The lowest BCUT2D eigenvalue weighted by molar-refractivity contribution is -0.150. The van der Waals surface area contributed by atoms with Crippen LogP contribution >= 0.6 is 23.5 Å². The quantitative estimate of drug-likeness (QED) is 0.535. The number of fused-ring (bicyclic) bond motifs is 1. The number of carboxylic acids is 1. The van der Waals surface area contributed by atoms with Gasteiger partial charge in [-0.2, -0.15) is 0 Å². The highest BCUT2D eigenvalue weighted by molar-refractivity contribution is 8.14. The second kappa shape index (κ2) is 10.2. The number of ether oxygens (including phenoxy) is 1. The summed E-state index contributed by atoms with van der Waals surface area (Å²) >= 11 is 2.37. The van der Waals surface area contributed by atoms with E-state index in [-0.39, 0.29) is 28.9 Å². The van der Waals surface area contributed by atoms with E-state index in [2.05, 4.69) is 17.4 Å². The van der Waals surface area contributed by atoms with Crippen LogP contribution in [-0.2, 0) is 20.8 Å². The van der Waals surface area contributed by atoms with Gasteiger partial charge in [0.1, 0.15) is 17.1 Å². The minimum absolute atomic E-state index is 0.0216. The Labute approximate surface area is 204 Å². The number of carbonyl (C=O) groups is 4. The molecule has 2 aliphatic rings. The Morgan fingerprint density at radius 2 is 2.06 bits per heavy atom. The van der Waals surface area contributed by atoms with Gasteiger partial charge in [-0.1, -0.05) is 48.2 Å². The van der Waals surface area contributed by atoms with Gasteiger partial charge < -0.3 is 15.2 Å². The van der Waals surface area contributed by atoms with Crippen LogP contribution in [0.1, 0.15) is 15.9 Å². The fraction of sp³-hybridized carbons (Fsp3) is 0.250. The molecule has 2 aromatic carbocycles. The zero-order valence-corrected chi connectivity index (χ0v) is 19.7. The number of amides is 2. The van der Waals surface area contributed by atoms with E-state index in [0.717, 1.165) is 11.8 Å². The molecule has 2 atom stereocenters. The van der Waals surface area contributed by atoms with Gasteiger partial charge in [-0.05, 0) is 29.3 Å². The second-order valence-corrected chi connectivity index (χ2v) is 9.59. The van der Waals surface area contributed by atoms with Gasteiger partial charge in [0.25, 0.3) is 5.91 Å². The van der Waals surface area contributed by atoms with Crippen LogP contribution in [0.25, 0.3) is 0 Å². The molecular formula is C24H20N2O6S2. The van der Waals surface area contributed by atoms with Crippen molar-refractivity contribution in [1.29, 1.82) is 0 Å². The van der Waals surface area contributed by atoms with Gasteiger partial charge in [0.15, 0.2) is 5.75 Å². The number of carboxylic acid groups (broad SMARTS) is 1. The van der Waals surface area contributed by atoms with E-state index < -0.39 is 23.3 Å². The van der Waals surface area contributed by atoms with Crippen LogP contribution in [0.5, 0.6) is 5.75 Å². The van der Waals surface area contributed by atoms with Crippen molar-refractivity contribution in [2.24, 2.45) is 0 Å². The van der Waals surface area contributed by atoms with E-state index in [1.54, 1.807) is 36.4 Å². The maximum atomic E-state index is 12.8. The predicted molar refractivity (Wildman–Crippen MR) is 127 cm³/mol. The zero-order chi connectivity index (χ0) is 24.2. The summed E-state index contributed by atoms with van der Waals surface area (Å²) in [5, 5.41) is 11.8. The van der Waals surface area contributed by atoms with E-state index in [0.29, 0.717) is 28.2 Å². The number of benzene rings is 1. The second-order valence-electron chi connectivity index (χ2n) is 7.53. The minimum atomic E-state index is -1.23. The van der Waals surface area contributed by atoms with Gasteiger partial charge in [0.05, 0.1) is 13.5 Å². The monoisotopic (exact) mass is 496 g/mol. The molecule has 0 saturated carbocycles. The number of nitrogens with one attached hydrogen (secondary N) is 1. The molecule has 1 saturated heterocycles. The van der Waals surface area contributed by atoms with Crippen molar-refractivity contribution < 1.29 is 29.0 Å². The normalized spacial score (nSPS) is 19.0. The number of carbonyl (C=O) groups excluding carboxylic acids is 3. The van der Waals surface area contributed by atoms with Gasteiger partial charge >= 0.3 is 5.97 Å². The van der Waals surface area contributed by atoms with Crippen LogP contribution in [-0.4, -0.2) is 62.9 Å². The third kappa shape index (κ3) is 4.90. The molecule has 2 aliphatic heterocycles. The molecule has 2 amide bonds. The zero-order valence-electron chi connectivity index (χ0n) is 18.1. The molecule has 0 bridgehead atoms. The van der Waals surface area contributed by atoms with E-state index in [9.17, 15) is 24.3 Å². The molecule has 0 aromatic heterocycles. The first kappa shape index (κ1) is 23.7. The van der Waals surface area contributed by atoms with Crippen molar-refractivity contribution in [3.63, 3.8) is 0 Å². The number of nitrogens with zero attached hydrogens (tertiary/aromatic N) is 1. The molecule has 34 heavy (non-hydrogen) atoms. The summed E-state index contributed by atoms with van der Waals surface area (Å²) in [5.41, 5.74) is 1.58. The standard InChI is InChI=1S/C24H20N2O6S2/c1-32-17-9-5-6-14(10-17)11-18(27)25-19-21(28)26-20(23(29)30)16(12-33-22(19)26)13-34-24(31)15-7-3-2-4-8-15/h2-4,6-8,10,19,22H,11-13H2,1H3,(H,25,27)(H,29,30). The van der Waals surface area contributed by atoms with Gasteiger partial charge in [0.2, 0.25) is 11.0 Å². The maximum absolute atomic E-state index is 12.8. The summed E-state index contributed by atoms with van der Waals surface area (Å²) < 4.78 is 5.08. The molecule has 174 valence electrons. The van der Waals surface area contributed by atoms with Crippen LogP contribution in [0.3, 0.4) is 0 Å². The lowest BCUT2D eigenvalue weighted by atomic mass is 10.0. The van der Waals surface area contributed by atoms with Crippen molar-refractivity contribution >= 4 is 46.4 Å². The van der Waals surface area contributed by atoms with Crippen molar-refractivity contribution in [1.82, 2.24) is 10.2 Å². The summed E-state index contributed by atoms with van der Waals surface area (Å²) in [6.07, 6.45) is 0.0216. The van der Waals surface area contributed by atoms with E-state index in [1.807, 2.05) is 6.07 Å². The average Bonchev–Trinajstić information content (AvgIpc) is 2.85. The first-order valence-corrected chi connectivity index (χ1v) is 12.3. The SMILES string of the molecule is COc1c#ccc(CC(=O)NC2C(=O)N3C(C(=O)O)=C(CSC(=O)c4ccccc4)CSC23)c1. The number of rotatable bonds is 8. The Morgan fingerprint density at radius 3 is 2.76 bits per heavy atom. The third-order valence-electron chi connectivity index (χ3n) is 5.31. The Morgan fingerprint density at radius 1 is 1.29 bits per heavy atom. The van der Waals surface area contributed by atoms with E-state index in [4.69, 9.17) is 4.74 Å². The molecule has 0 spiro atoms. The van der Waals surface area contributed by atoms with E-state index in [1.165, 1.54) is 23.8 Å². The summed E-state index contributed by atoms with van der Waals surface area (Å²) in [4.78, 5) is 50.9. The van der Waals surface area contributed by atoms with Crippen LogP contribution in [0.15, 0.2) is 53.7 Å². The summed E-state index contributed by atoms with van der Waals surface area (Å²) in [5.74, 6) is -1.11. The molecule has 10 heteroatoms. The van der Waals surface area contributed by atoms with Crippen LogP contribution in [0.4, 0.5) is 0 Å². The first-order chi connectivity index (χ1) is 16.4. The summed E-state index contributed by atoms with van der Waals surface area (Å²) in [6.45, 7) is 0. The number of hydrogen-bond donors (Lipinski definition) is 2. The molecule has 2 heterocycles. The smallest absolute Gasteiger partial charge is 0.352 e. The number of β-lactam (4-membered cyclic amide) rings is 1. The average molecular weight is 497 g/mol. The van der Waals surface area contributed by atoms with Crippen molar-refractivity contribution in [3.05, 3.63) is 77.0 Å². The maximum Gasteiger partial charge on any atom is 0.352 e. The van der Waals surface area contributed by atoms with Crippen LogP contribution < -0.4 is 10.1 Å². The highest BCUT2D eigenvalue weighted by atomic mass is 32.2. The number of methoxy groups -OCH3 is 1. The van der Waals surface area contributed by atoms with Crippen molar-refractivity contribution in [3.8, 4) is 5.75 Å². The number of hydrogen-bond acceptors (Lipinski definition) is 7. The highest BCUT2D eigenvalue weighted by Gasteiger charge is 2.54. The molecule has 2 aromatic rings. The fourth-order valence-corrected chi connectivity index (χ4v) is 5.99. The number of thioether (sulfide) groups is 2. The molecule has 0 radical (unpaired) electrons. The molecule has 1 fully saturated rings. The fourth-order valence-electron chi connectivity index (χ4n) is 3.67. The van der Waals surface area contributed by atoms with Gasteiger partial charge in [-0.15, -0.1) is 11.8 Å². The van der Waals surface area contributed by atoms with Crippen molar-refractivity contribution in [2.45, 2.75) is 17.8 Å². The lowest BCUT2D eigenvalue weighted by Crippen LogP contribution is -2.70. The van der Waals surface area contributed by atoms with Crippen LogP contribution in [0, 0.1) is 12.1 Å². The van der Waals surface area contributed by atoms with Gasteiger partial charge in [-0.25, -0.2) is 4.79 Å². The molecule has 0 aliphatic carbocycles. The van der Waals surface area contributed by atoms with Crippen LogP contribution in [0.2, 0.25) is 0 Å². The summed E-state index contributed by atoms with van der Waals surface area (Å²) in [7, 11) is 1.49. The molecule has 2 N–H and O–H groups in total. The van der Waals surface area contributed by atoms with Gasteiger partial charge in [0, 0.05) is 17.1 Å². The number of aliphatic carboxylic acids is 1. The summed E-state index contributed by atoms with van der Waals surface area (Å²) in [6, 6.07) is 16.7. The highest BCUT2D eigenvalue weighted by Crippen LogP contribution is 2.41. The minimum Gasteiger partial charge on any atom is -0.489 e. The van der Waals surface area contributed by atoms with Crippen molar-refractivity contribution in [2.75, 3.05) is 18.6 Å². The third-order valence-corrected chi connectivity index (χ3v) is 7.64. The predicted octanol–water partition coefficient (Wildman–Crippen LogP) is 2.15. The molecular weight excluding hydrogens is 476 g/mol. The topological polar surface area (TPSA) is 113 Å². The Balaban J connectivity index is 1.41. The molecule has 4 rings (SSSR count). The Hall–Kier alpha value is -3.42. The molecule has 8 nitrogen and oxygen atoms in total. The Kier molecular flexibility index (Phi) is 7.14. The Bertz CT molecular complexity index is 1170. The van der Waals surface area contributed by atoms with Gasteiger partial charge in [-0.3, -0.25) is 19.3 Å². The van der Waals surface area contributed by atoms with E-state index >= 15 is 0 Å². The lowest BCUT2D eigenvalue weighted by Gasteiger charge is -2.49. The largest absolute Gasteiger partial charge is 0.489 e.